The maximum Gasteiger partial charge on any atom is 0.306 e. The number of esters is 1. The van der Waals surface area contributed by atoms with Crippen molar-refractivity contribution in [2.24, 2.45) is 5.92 Å². The Labute approximate surface area is 164 Å². The Morgan fingerprint density at radius 1 is 1.18 bits per heavy atom. The van der Waals surface area contributed by atoms with Gasteiger partial charge in [0.25, 0.3) is 5.91 Å². The molecule has 1 fully saturated rings. The first kappa shape index (κ1) is 20.5. The second kappa shape index (κ2) is 9.31. The molecule has 0 radical (unpaired) electrons. The number of hydrogen-bond donors (Lipinski definition) is 1. The van der Waals surface area contributed by atoms with E-state index in [1.807, 2.05) is 12.2 Å². The zero-order valence-corrected chi connectivity index (χ0v) is 16.3. The lowest BCUT2D eigenvalue weighted by Crippen LogP contribution is -2.40. The molecule has 28 heavy (non-hydrogen) atoms. The van der Waals surface area contributed by atoms with Crippen LogP contribution >= 0.6 is 0 Å². The Morgan fingerprint density at radius 3 is 2.54 bits per heavy atom. The summed E-state index contributed by atoms with van der Waals surface area (Å²) in [6, 6.07) is 5.91. The Balaban J connectivity index is 1.48. The van der Waals surface area contributed by atoms with Gasteiger partial charge in [0.2, 0.25) is 10.0 Å². The standard InChI is InChI=1S/C19H24N2O6S/c22-18(14-27-19(23)13-15-3-1-2-4-15)20-16-5-7-17(8-6-16)28(24,25)21-9-11-26-12-10-21/h1,3,5-8,15H,2,4,9-14H2,(H,20,22)/t15-/m1/s1. The molecule has 2 aliphatic rings. The molecule has 1 saturated heterocycles. The van der Waals surface area contributed by atoms with E-state index in [9.17, 15) is 18.0 Å². The van der Waals surface area contributed by atoms with Gasteiger partial charge < -0.3 is 14.8 Å². The van der Waals surface area contributed by atoms with Gasteiger partial charge in [-0.2, -0.15) is 4.31 Å². The predicted octanol–water partition coefficient (Wildman–Crippen LogP) is 1.55. The molecule has 0 spiro atoms. The van der Waals surface area contributed by atoms with Crippen LogP contribution in [0, 0.1) is 5.92 Å². The highest BCUT2D eigenvalue weighted by molar-refractivity contribution is 7.89. The van der Waals surface area contributed by atoms with Crippen molar-refractivity contribution in [2.45, 2.75) is 24.2 Å². The zero-order valence-electron chi connectivity index (χ0n) is 15.5. The number of allylic oxidation sites excluding steroid dienone is 2. The molecule has 1 aliphatic heterocycles. The van der Waals surface area contributed by atoms with Crippen molar-refractivity contribution in [2.75, 3.05) is 38.2 Å². The SMILES string of the molecule is O=C(COC(=O)C[C@@H]1C=CCC1)Nc1ccc(S(=O)(=O)N2CCOCC2)cc1. The van der Waals surface area contributed by atoms with Crippen molar-refractivity contribution in [3.05, 3.63) is 36.4 Å². The van der Waals surface area contributed by atoms with Gasteiger partial charge >= 0.3 is 5.97 Å². The van der Waals surface area contributed by atoms with E-state index in [1.54, 1.807) is 0 Å². The van der Waals surface area contributed by atoms with Crippen molar-refractivity contribution in [1.29, 1.82) is 0 Å². The Morgan fingerprint density at radius 2 is 1.89 bits per heavy atom. The number of carbonyl (C=O) groups excluding carboxylic acids is 2. The fraction of sp³-hybridized carbons (Fsp3) is 0.474. The number of nitrogens with one attached hydrogen (secondary N) is 1. The molecule has 0 unspecified atom stereocenters. The number of carbonyl (C=O) groups is 2. The summed E-state index contributed by atoms with van der Waals surface area (Å²) in [5.41, 5.74) is 0.431. The minimum atomic E-state index is -3.57. The summed E-state index contributed by atoms with van der Waals surface area (Å²) < 4.78 is 36.7. The van der Waals surface area contributed by atoms with Gasteiger partial charge in [0, 0.05) is 18.8 Å². The number of sulfonamides is 1. The molecule has 1 aromatic rings. The van der Waals surface area contributed by atoms with Gasteiger partial charge in [-0.25, -0.2) is 8.42 Å². The second-order valence-corrected chi connectivity index (χ2v) is 8.66. The van der Waals surface area contributed by atoms with E-state index in [0.717, 1.165) is 12.8 Å². The minimum Gasteiger partial charge on any atom is -0.456 e. The minimum absolute atomic E-state index is 0.156. The lowest BCUT2D eigenvalue weighted by Gasteiger charge is -2.26. The normalized spacial score (nSPS) is 20.1. The first-order valence-electron chi connectivity index (χ1n) is 9.25. The van der Waals surface area contributed by atoms with Gasteiger partial charge in [0.1, 0.15) is 0 Å². The average molecular weight is 408 g/mol. The van der Waals surface area contributed by atoms with E-state index in [2.05, 4.69) is 5.32 Å². The van der Waals surface area contributed by atoms with E-state index in [0.29, 0.717) is 32.0 Å². The van der Waals surface area contributed by atoms with E-state index in [1.165, 1.54) is 28.6 Å². The molecule has 1 atom stereocenters. The number of amides is 1. The van der Waals surface area contributed by atoms with Gasteiger partial charge in [-0.05, 0) is 43.0 Å². The summed E-state index contributed by atoms with van der Waals surface area (Å²) in [7, 11) is -3.57. The lowest BCUT2D eigenvalue weighted by molar-refractivity contribution is -0.147. The molecule has 1 aromatic carbocycles. The fourth-order valence-electron chi connectivity index (χ4n) is 3.13. The topological polar surface area (TPSA) is 102 Å². The molecule has 0 aromatic heterocycles. The molecular formula is C19H24N2O6S. The van der Waals surface area contributed by atoms with Crippen LogP contribution in [0.1, 0.15) is 19.3 Å². The number of rotatable bonds is 7. The molecule has 3 rings (SSSR count). The third kappa shape index (κ3) is 5.40. The van der Waals surface area contributed by atoms with Crippen LogP contribution in [-0.4, -0.2) is 57.5 Å². The smallest absolute Gasteiger partial charge is 0.306 e. The van der Waals surface area contributed by atoms with Gasteiger partial charge in [-0.3, -0.25) is 9.59 Å². The molecule has 1 N–H and O–H groups in total. The number of nitrogens with zero attached hydrogens (tertiary/aromatic N) is 1. The molecule has 152 valence electrons. The predicted molar refractivity (Wildman–Crippen MR) is 102 cm³/mol. The third-order valence-electron chi connectivity index (χ3n) is 4.65. The van der Waals surface area contributed by atoms with Crippen molar-refractivity contribution in [1.82, 2.24) is 4.31 Å². The van der Waals surface area contributed by atoms with Crippen molar-refractivity contribution < 1.29 is 27.5 Å². The number of anilines is 1. The Bertz CT molecular complexity index is 828. The van der Waals surface area contributed by atoms with Crippen LogP contribution in [0.15, 0.2) is 41.3 Å². The van der Waals surface area contributed by atoms with Gasteiger partial charge in [0.15, 0.2) is 6.61 Å². The quantitative estimate of drug-likeness (QED) is 0.542. The van der Waals surface area contributed by atoms with Crippen LogP contribution in [0.4, 0.5) is 5.69 Å². The second-order valence-electron chi connectivity index (χ2n) is 6.72. The van der Waals surface area contributed by atoms with Crippen molar-refractivity contribution in [3.8, 4) is 0 Å². The Hall–Kier alpha value is -2.23. The summed E-state index contributed by atoms with van der Waals surface area (Å²) in [4.78, 5) is 23.8. The van der Waals surface area contributed by atoms with Crippen LogP contribution < -0.4 is 5.32 Å². The highest BCUT2D eigenvalue weighted by Gasteiger charge is 2.26. The number of ether oxygens (including phenoxy) is 2. The van der Waals surface area contributed by atoms with Crippen LogP contribution in [0.25, 0.3) is 0 Å². The molecule has 8 nitrogen and oxygen atoms in total. The number of morpholine rings is 1. The average Bonchev–Trinajstić information content (AvgIpc) is 3.20. The van der Waals surface area contributed by atoms with E-state index >= 15 is 0 Å². The monoisotopic (exact) mass is 408 g/mol. The molecule has 1 amide bonds. The highest BCUT2D eigenvalue weighted by Crippen LogP contribution is 2.21. The fourth-order valence-corrected chi connectivity index (χ4v) is 4.54. The molecule has 0 saturated carbocycles. The Kier molecular flexibility index (Phi) is 6.82. The molecule has 1 heterocycles. The number of hydrogen-bond acceptors (Lipinski definition) is 6. The van der Waals surface area contributed by atoms with E-state index in [4.69, 9.17) is 9.47 Å². The lowest BCUT2D eigenvalue weighted by atomic mass is 10.1. The molecular weight excluding hydrogens is 384 g/mol. The van der Waals surface area contributed by atoms with Crippen molar-refractivity contribution in [3.63, 3.8) is 0 Å². The van der Waals surface area contributed by atoms with Crippen LogP contribution in [0.3, 0.4) is 0 Å². The maximum atomic E-state index is 12.6. The molecule has 9 heteroatoms. The molecule has 1 aliphatic carbocycles. The van der Waals surface area contributed by atoms with Gasteiger partial charge in [0.05, 0.1) is 24.5 Å². The van der Waals surface area contributed by atoms with Gasteiger partial charge in [-0.15, -0.1) is 0 Å². The van der Waals surface area contributed by atoms with Crippen molar-refractivity contribution >= 4 is 27.6 Å². The van der Waals surface area contributed by atoms with Crippen LogP contribution in [-0.2, 0) is 29.1 Å². The number of benzene rings is 1. The third-order valence-corrected chi connectivity index (χ3v) is 6.56. The maximum absolute atomic E-state index is 12.6. The summed E-state index contributed by atoms with van der Waals surface area (Å²) >= 11 is 0. The first-order chi connectivity index (χ1) is 13.4. The summed E-state index contributed by atoms with van der Waals surface area (Å²) in [6.45, 7) is 1.03. The van der Waals surface area contributed by atoms with Gasteiger partial charge in [-0.1, -0.05) is 12.2 Å². The van der Waals surface area contributed by atoms with Crippen LogP contribution in [0.5, 0.6) is 0 Å². The summed E-state index contributed by atoms with van der Waals surface area (Å²) in [6.07, 6.45) is 6.20. The first-order valence-corrected chi connectivity index (χ1v) is 10.7. The molecule has 0 bridgehead atoms. The van der Waals surface area contributed by atoms with E-state index in [-0.39, 0.29) is 23.8 Å². The summed E-state index contributed by atoms with van der Waals surface area (Å²) in [5, 5.41) is 2.59. The van der Waals surface area contributed by atoms with E-state index < -0.39 is 21.9 Å². The summed E-state index contributed by atoms with van der Waals surface area (Å²) in [5.74, 6) is -0.686. The highest BCUT2D eigenvalue weighted by atomic mass is 32.2. The largest absolute Gasteiger partial charge is 0.456 e. The zero-order chi connectivity index (χ0) is 20.0. The van der Waals surface area contributed by atoms with Crippen LogP contribution in [0.2, 0.25) is 0 Å².